The van der Waals surface area contributed by atoms with Gasteiger partial charge >= 0.3 is 0 Å². The van der Waals surface area contributed by atoms with Crippen LogP contribution in [-0.4, -0.2) is 0 Å². The van der Waals surface area contributed by atoms with Crippen molar-refractivity contribution in [3.63, 3.8) is 0 Å². The number of hydrogen-bond donors (Lipinski definition) is 0. The predicted molar refractivity (Wildman–Crippen MR) is 220 cm³/mol. The van der Waals surface area contributed by atoms with Crippen LogP contribution in [0.15, 0.2) is 170 Å². The number of terminal acetylenes is 1. The lowest BCUT2D eigenvalue weighted by atomic mass is 9.91. The molecule has 0 aliphatic heterocycles. The molecule has 234 valence electrons. The Labute approximate surface area is 296 Å². The molecule has 0 amide bonds. The van der Waals surface area contributed by atoms with E-state index in [9.17, 15) is 0 Å². The van der Waals surface area contributed by atoms with Crippen molar-refractivity contribution in [2.45, 2.75) is 6.92 Å². The van der Waals surface area contributed by atoms with Gasteiger partial charge in [-0.2, -0.15) is 0 Å². The van der Waals surface area contributed by atoms with Crippen LogP contribution in [0.2, 0.25) is 0 Å². The highest BCUT2D eigenvalue weighted by Crippen LogP contribution is 2.45. The molecule has 1 aromatic heterocycles. The molecule has 50 heavy (non-hydrogen) atoms. The summed E-state index contributed by atoms with van der Waals surface area (Å²) in [6, 6.07) is 55.8. The minimum absolute atomic E-state index is 1.11. The van der Waals surface area contributed by atoms with Gasteiger partial charge in [0, 0.05) is 20.2 Å². The Morgan fingerprint density at radius 1 is 0.480 bits per heavy atom. The summed E-state index contributed by atoms with van der Waals surface area (Å²) in [5.74, 6) is 2.62. The van der Waals surface area contributed by atoms with E-state index in [1.165, 1.54) is 85.9 Å². The largest absolute Gasteiger partial charge is 0.134 e. The van der Waals surface area contributed by atoms with Crippen LogP contribution in [0.25, 0.3) is 91.4 Å². The zero-order valence-corrected chi connectivity index (χ0v) is 28.5. The Morgan fingerprint density at radius 2 is 0.980 bits per heavy atom. The molecule has 0 aliphatic rings. The van der Waals surface area contributed by atoms with Gasteiger partial charge in [-0.3, -0.25) is 0 Å². The van der Waals surface area contributed by atoms with Crippen molar-refractivity contribution in [3.8, 4) is 45.7 Å². The van der Waals surface area contributed by atoms with Crippen molar-refractivity contribution in [2.24, 2.45) is 0 Å². The van der Waals surface area contributed by atoms with E-state index in [1.807, 2.05) is 17.4 Å². The van der Waals surface area contributed by atoms with E-state index in [1.54, 1.807) is 6.08 Å². The average molecular weight is 653 g/mol. The Hall–Kier alpha value is -6.20. The monoisotopic (exact) mass is 652 g/mol. The highest BCUT2D eigenvalue weighted by Gasteiger charge is 2.15. The van der Waals surface area contributed by atoms with Crippen molar-refractivity contribution in [1.29, 1.82) is 0 Å². The SMILES string of the molecule is C#C/C=C\C(=C/C)c1cccc(-c2cccc3c2sc2c(-c4cccc(-c5ccc6c7ccccc7c7ccccc7c6c5)c4)cccc23)c1. The topological polar surface area (TPSA) is 0 Å². The van der Waals surface area contributed by atoms with Crippen molar-refractivity contribution < 1.29 is 0 Å². The standard InChI is InChI=1S/C49H32S/c1-3-5-14-32(4-2)33-15-10-17-36(29-33)38-23-12-25-45-46-26-13-24-39(49(46)50-48(38)45)37-18-11-16-34(30-37)35-27-28-44-42-21-7-6-19-40(42)41-20-8-9-22-43(41)47(44)31-35/h1,4-31H,2H3/b14-5-,32-4+. The molecule has 0 N–H and O–H groups in total. The normalized spacial score (nSPS) is 12.1. The third kappa shape index (κ3) is 4.93. The molecule has 0 fully saturated rings. The van der Waals surface area contributed by atoms with Crippen LogP contribution in [0.5, 0.6) is 0 Å². The van der Waals surface area contributed by atoms with E-state index in [2.05, 4.69) is 171 Å². The Balaban J connectivity index is 1.17. The third-order valence-corrected chi connectivity index (χ3v) is 11.2. The summed E-state index contributed by atoms with van der Waals surface area (Å²) in [5, 5.41) is 10.4. The van der Waals surface area contributed by atoms with E-state index in [-0.39, 0.29) is 0 Å². The molecule has 8 aromatic carbocycles. The smallest absolute Gasteiger partial charge is 0.0434 e. The van der Waals surface area contributed by atoms with Gasteiger partial charge in [0.05, 0.1) is 0 Å². The first-order valence-corrected chi connectivity index (χ1v) is 17.8. The molecule has 0 saturated carbocycles. The summed E-state index contributed by atoms with van der Waals surface area (Å²) < 4.78 is 2.61. The second kappa shape index (κ2) is 12.4. The van der Waals surface area contributed by atoms with E-state index in [4.69, 9.17) is 6.42 Å². The molecule has 0 unspecified atom stereocenters. The second-order valence-electron chi connectivity index (χ2n) is 12.7. The lowest BCUT2D eigenvalue weighted by molar-refractivity contribution is 1.58. The fraction of sp³-hybridized carbons (Fsp3) is 0.0204. The van der Waals surface area contributed by atoms with E-state index >= 15 is 0 Å². The molecule has 9 aromatic rings. The van der Waals surface area contributed by atoms with Crippen LogP contribution < -0.4 is 0 Å². The van der Waals surface area contributed by atoms with E-state index < -0.39 is 0 Å². The Kier molecular flexibility index (Phi) is 7.39. The maximum atomic E-state index is 5.51. The van der Waals surface area contributed by atoms with Gasteiger partial charge in [0.2, 0.25) is 0 Å². The van der Waals surface area contributed by atoms with Crippen molar-refractivity contribution in [1.82, 2.24) is 0 Å². The summed E-state index contributed by atoms with van der Waals surface area (Å²) in [7, 11) is 0. The molecule has 9 rings (SSSR count). The first kappa shape index (κ1) is 29.9. The molecule has 1 heteroatoms. The van der Waals surface area contributed by atoms with Gasteiger partial charge in [0.25, 0.3) is 0 Å². The molecule has 0 spiro atoms. The van der Waals surface area contributed by atoms with Crippen molar-refractivity contribution in [2.75, 3.05) is 0 Å². The highest BCUT2D eigenvalue weighted by atomic mass is 32.1. The van der Waals surface area contributed by atoms with Gasteiger partial charge in [-0.25, -0.2) is 0 Å². The van der Waals surface area contributed by atoms with Crippen molar-refractivity contribution >= 4 is 69.4 Å². The van der Waals surface area contributed by atoms with E-state index in [0.29, 0.717) is 0 Å². The van der Waals surface area contributed by atoms with E-state index in [0.717, 1.165) is 11.1 Å². The van der Waals surface area contributed by atoms with Gasteiger partial charge in [0.15, 0.2) is 0 Å². The Morgan fingerprint density at radius 3 is 1.60 bits per heavy atom. The summed E-state index contributed by atoms with van der Waals surface area (Å²) in [4.78, 5) is 0. The summed E-state index contributed by atoms with van der Waals surface area (Å²) in [6.07, 6.45) is 11.4. The fourth-order valence-electron chi connectivity index (χ4n) is 7.59. The predicted octanol–water partition coefficient (Wildman–Crippen LogP) is 14.1. The summed E-state index contributed by atoms with van der Waals surface area (Å²) >= 11 is 1.89. The first-order valence-electron chi connectivity index (χ1n) is 17.0. The summed E-state index contributed by atoms with van der Waals surface area (Å²) in [5.41, 5.74) is 9.65. The highest BCUT2D eigenvalue weighted by molar-refractivity contribution is 7.26. The molecular formula is C49H32S. The lowest BCUT2D eigenvalue weighted by Gasteiger charge is -2.12. The average Bonchev–Trinajstić information content (AvgIpc) is 3.58. The van der Waals surface area contributed by atoms with Crippen LogP contribution in [-0.2, 0) is 0 Å². The number of thiophene rings is 1. The number of hydrogen-bond acceptors (Lipinski definition) is 1. The van der Waals surface area contributed by atoms with Crippen LogP contribution in [0, 0.1) is 12.3 Å². The molecule has 0 nitrogen and oxygen atoms in total. The maximum Gasteiger partial charge on any atom is 0.0434 e. The van der Waals surface area contributed by atoms with Crippen LogP contribution in [0.3, 0.4) is 0 Å². The van der Waals surface area contributed by atoms with Gasteiger partial charge < -0.3 is 0 Å². The zero-order chi connectivity index (χ0) is 33.6. The quantitative estimate of drug-likeness (QED) is 0.0986. The van der Waals surface area contributed by atoms with Gasteiger partial charge in [-0.05, 0) is 114 Å². The van der Waals surface area contributed by atoms with Crippen LogP contribution in [0.1, 0.15) is 12.5 Å². The van der Waals surface area contributed by atoms with Gasteiger partial charge in [-0.1, -0.05) is 145 Å². The fourth-order valence-corrected chi connectivity index (χ4v) is 8.96. The Bertz CT molecular complexity index is 2850. The maximum absolute atomic E-state index is 5.51. The molecule has 0 saturated heterocycles. The van der Waals surface area contributed by atoms with Crippen molar-refractivity contribution in [3.05, 3.63) is 175 Å². The molecule has 0 atom stereocenters. The number of allylic oxidation sites excluding steroid dienone is 4. The summed E-state index contributed by atoms with van der Waals surface area (Å²) in [6.45, 7) is 2.05. The molecule has 0 radical (unpaired) electrons. The second-order valence-corrected chi connectivity index (χ2v) is 13.7. The lowest BCUT2D eigenvalue weighted by Crippen LogP contribution is -1.86. The van der Waals surface area contributed by atoms with Crippen LogP contribution in [0.4, 0.5) is 0 Å². The van der Waals surface area contributed by atoms with Gasteiger partial charge in [-0.15, -0.1) is 17.8 Å². The number of benzene rings is 8. The van der Waals surface area contributed by atoms with Crippen LogP contribution >= 0.6 is 11.3 Å². The number of rotatable bonds is 5. The minimum atomic E-state index is 1.11. The zero-order valence-electron chi connectivity index (χ0n) is 27.7. The first-order chi connectivity index (χ1) is 24.7. The molecule has 1 heterocycles. The molecule has 0 aliphatic carbocycles. The molecule has 0 bridgehead atoms. The minimum Gasteiger partial charge on any atom is -0.134 e. The molecular weight excluding hydrogens is 621 g/mol. The number of fused-ring (bicyclic) bond motifs is 9. The third-order valence-electron chi connectivity index (χ3n) is 9.95. The van der Waals surface area contributed by atoms with Gasteiger partial charge in [0.1, 0.15) is 0 Å².